The van der Waals surface area contributed by atoms with Crippen LogP contribution < -0.4 is 4.90 Å². The Morgan fingerprint density at radius 2 is 1.81 bits per heavy atom. The molecule has 0 saturated carbocycles. The third-order valence-corrected chi connectivity index (χ3v) is 12.0. The Bertz CT molecular complexity index is 1330. The Hall–Kier alpha value is -2.85. The number of anilines is 1. The molecule has 0 bridgehead atoms. The number of hydrogen-bond acceptors (Lipinski definition) is 6. The third-order valence-electron chi connectivity index (χ3n) is 9.42. The van der Waals surface area contributed by atoms with Gasteiger partial charge < -0.3 is 19.5 Å². The molecule has 1 unspecified atom stereocenters. The van der Waals surface area contributed by atoms with Gasteiger partial charge in [0.2, 0.25) is 5.91 Å². The monoisotopic (exact) mass is 604 g/mol. The molecule has 0 radical (unpaired) electrons. The average Bonchev–Trinajstić information content (AvgIpc) is 3.58. The number of ether oxygens (including phenoxy) is 1. The van der Waals surface area contributed by atoms with Crippen LogP contribution in [0.15, 0.2) is 60.8 Å². The summed E-state index contributed by atoms with van der Waals surface area (Å²) in [5.41, 5.74) is 4.11. The first kappa shape index (κ1) is 31.6. The fourth-order valence-electron chi connectivity index (χ4n) is 7.20. The van der Waals surface area contributed by atoms with Crippen LogP contribution in [0.5, 0.6) is 0 Å². The zero-order valence-electron chi connectivity index (χ0n) is 25.9. The second-order valence-electron chi connectivity index (χ2n) is 13.0. The lowest BCUT2D eigenvalue weighted by molar-refractivity contribution is -0.118. The van der Waals surface area contributed by atoms with Crippen molar-refractivity contribution >= 4 is 19.9 Å². The molecule has 9 heteroatoms. The standard InChI is InChI=1S/C34H48N4O4Si/c1-25-31(18-17-26-12-11-15-28(22-26)38-20-10-5-4-9-16-33(38)40)42-32(34(25)43(2,3)41)19-21-37-23-30(35-36-37)29(24-39)27-13-7-6-8-14-27/h6-8,11-15,22-23,25,29,31-32,34,39,41H,4-5,9-10,16-21,24H2,1-3H3/t25-,29?,31+,32-,34+/m0/s1. The molecule has 43 heavy (non-hydrogen) atoms. The topological polar surface area (TPSA) is 101 Å². The Morgan fingerprint density at radius 1 is 1.02 bits per heavy atom. The van der Waals surface area contributed by atoms with Crippen LogP contribution in [-0.4, -0.2) is 64.5 Å². The zero-order valence-corrected chi connectivity index (χ0v) is 26.9. The van der Waals surface area contributed by atoms with E-state index in [0.29, 0.717) is 13.0 Å². The molecular weight excluding hydrogens is 556 g/mol. The summed E-state index contributed by atoms with van der Waals surface area (Å²) in [6.07, 6.45) is 9.41. The minimum Gasteiger partial charge on any atom is -0.432 e. The lowest BCUT2D eigenvalue weighted by Gasteiger charge is -2.30. The molecule has 1 aromatic heterocycles. The molecule has 5 rings (SSSR count). The predicted octanol–water partition coefficient (Wildman–Crippen LogP) is 5.69. The van der Waals surface area contributed by atoms with Gasteiger partial charge in [0.15, 0.2) is 8.32 Å². The molecule has 3 aromatic rings. The highest BCUT2D eigenvalue weighted by Gasteiger charge is 2.49. The maximum absolute atomic E-state index is 12.8. The summed E-state index contributed by atoms with van der Waals surface area (Å²) in [4.78, 5) is 26.1. The highest BCUT2D eigenvalue weighted by molar-refractivity contribution is 6.71. The number of aromatic nitrogens is 3. The summed E-state index contributed by atoms with van der Waals surface area (Å²) < 4.78 is 8.54. The fraction of sp³-hybridized carbons (Fsp3) is 0.559. The van der Waals surface area contributed by atoms with Crippen molar-refractivity contribution in [2.24, 2.45) is 5.92 Å². The van der Waals surface area contributed by atoms with Crippen molar-refractivity contribution in [3.8, 4) is 0 Å². The van der Waals surface area contributed by atoms with Crippen LogP contribution in [0.4, 0.5) is 5.69 Å². The van der Waals surface area contributed by atoms with Crippen LogP contribution in [0.25, 0.3) is 0 Å². The van der Waals surface area contributed by atoms with Crippen molar-refractivity contribution in [3.63, 3.8) is 0 Å². The van der Waals surface area contributed by atoms with Gasteiger partial charge in [0, 0.05) is 36.9 Å². The number of aliphatic hydroxyl groups is 1. The number of carbonyl (C=O) groups is 1. The first-order chi connectivity index (χ1) is 20.7. The summed E-state index contributed by atoms with van der Waals surface area (Å²) in [6.45, 7) is 7.68. The number of aliphatic hydroxyl groups excluding tert-OH is 1. The zero-order chi connectivity index (χ0) is 30.4. The molecule has 2 saturated heterocycles. The molecular formula is C34H48N4O4Si. The summed E-state index contributed by atoms with van der Waals surface area (Å²) in [7, 11) is -2.50. The van der Waals surface area contributed by atoms with Crippen molar-refractivity contribution < 1.29 is 19.4 Å². The maximum atomic E-state index is 12.8. The number of nitrogens with zero attached hydrogens (tertiary/aromatic N) is 4. The van der Waals surface area contributed by atoms with Gasteiger partial charge in [-0.1, -0.05) is 67.4 Å². The van der Waals surface area contributed by atoms with Crippen molar-refractivity contribution in [3.05, 3.63) is 77.6 Å². The van der Waals surface area contributed by atoms with Gasteiger partial charge in [-0.25, -0.2) is 0 Å². The van der Waals surface area contributed by atoms with Gasteiger partial charge in [-0.3, -0.25) is 9.48 Å². The minimum atomic E-state index is -2.50. The highest BCUT2D eigenvalue weighted by Crippen LogP contribution is 2.45. The van der Waals surface area contributed by atoms with Crippen LogP contribution in [0.1, 0.15) is 74.6 Å². The van der Waals surface area contributed by atoms with Gasteiger partial charge in [0.05, 0.1) is 30.4 Å². The van der Waals surface area contributed by atoms with Gasteiger partial charge in [0.1, 0.15) is 0 Å². The molecule has 2 aromatic carbocycles. The van der Waals surface area contributed by atoms with Crippen molar-refractivity contribution in [2.45, 2.75) is 102 Å². The third kappa shape index (κ3) is 7.81. The van der Waals surface area contributed by atoms with Crippen LogP contribution in [0.2, 0.25) is 18.6 Å². The van der Waals surface area contributed by atoms with E-state index in [-0.39, 0.29) is 42.1 Å². The van der Waals surface area contributed by atoms with Gasteiger partial charge >= 0.3 is 0 Å². The molecule has 0 aliphatic carbocycles. The predicted molar refractivity (Wildman–Crippen MR) is 171 cm³/mol. The Balaban J connectivity index is 1.22. The SMILES string of the molecule is C[C@@H]1[C@@H]([Si](C)(C)O)[C@H](CCn2cc(C(CO)c3ccccc3)nn2)O[C@@H]1CCc1cccc(N2CCCCCCC2=O)c1. The molecule has 2 N–H and O–H groups in total. The smallest absolute Gasteiger partial charge is 0.226 e. The van der Waals surface area contributed by atoms with Crippen molar-refractivity contribution in [1.82, 2.24) is 15.0 Å². The second kappa shape index (κ2) is 14.3. The second-order valence-corrected chi connectivity index (χ2v) is 17.0. The van der Waals surface area contributed by atoms with Crippen LogP contribution >= 0.6 is 0 Å². The lowest BCUT2D eigenvalue weighted by atomic mass is 9.95. The number of carbonyl (C=O) groups excluding carboxylic acids is 1. The fourth-order valence-corrected chi connectivity index (χ4v) is 9.85. The van der Waals surface area contributed by atoms with E-state index >= 15 is 0 Å². The van der Waals surface area contributed by atoms with E-state index in [0.717, 1.165) is 62.0 Å². The quantitative estimate of drug-likeness (QED) is 0.273. The molecule has 1 amide bonds. The molecule has 3 heterocycles. The summed E-state index contributed by atoms with van der Waals surface area (Å²) in [5, 5.41) is 18.8. The van der Waals surface area contributed by atoms with E-state index < -0.39 is 8.32 Å². The van der Waals surface area contributed by atoms with Crippen LogP contribution in [-0.2, 0) is 22.5 Å². The number of amides is 1. The number of rotatable bonds is 11. The van der Waals surface area contributed by atoms with Crippen molar-refractivity contribution in [1.29, 1.82) is 0 Å². The largest absolute Gasteiger partial charge is 0.432 e. The number of hydrogen-bond donors (Lipinski definition) is 2. The van der Waals surface area contributed by atoms with Crippen LogP contribution in [0.3, 0.4) is 0 Å². The summed E-state index contributed by atoms with van der Waals surface area (Å²) in [5.74, 6) is 0.273. The van der Waals surface area contributed by atoms with Gasteiger partial charge in [-0.15, -0.1) is 5.10 Å². The van der Waals surface area contributed by atoms with Gasteiger partial charge in [0.25, 0.3) is 0 Å². The van der Waals surface area contributed by atoms with E-state index in [4.69, 9.17) is 4.74 Å². The Morgan fingerprint density at radius 3 is 2.58 bits per heavy atom. The van der Waals surface area contributed by atoms with Gasteiger partial charge in [-0.2, -0.15) is 0 Å². The maximum Gasteiger partial charge on any atom is 0.226 e. The van der Waals surface area contributed by atoms with Gasteiger partial charge in [-0.05, 0) is 74.4 Å². The van der Waals surface area contributed by atoms with E-state index in [1.807, 2.05) is 59.2 Å². The molecule has 2 aliphatic heterocycles. The number of benzene rings is 2. The first-order valence-electron chi connectivity index (χ1n) is 16.1. The molecule has 0 spiro atoms. The number of aryl methyl sites for hydroxylation is 2. The van der Waals surface area contributed by atoms with E-state index in [9.17, 15) is 14.7 Å². The molecule has 2 aliphatic rings. The molecule has 232 valence electrons. The summed E-state index contributed by atoms with van der Waals surface area (Å²) in [6, 6.07) is 18.3. The molecule has 5 atom stereocenters. The molecule has 2 fully saturated rings. The highest BCUT2D eigenvalue weighted by atomic mass is 28.4. The normalized spacial score (nSPS) is 24.1. The van der Waals surface area contributed by atoms with E-state index in [2.05, 4.69) is 41.5 Å². The Labute approximate surface area is 257 Å². The van der Waals surface area contributed by atoms with Crippen molar-refractivity contribution in [2.75, 3.05) is 18.1 Å². The lowest BCUT2D eigenvalue weighted by Crippen LogP contribution is -2.40. The van der Waals surface area contributed by atoms with E-state index in [1.54, 1.807) is 0 Å². The van der Waals surface area contributed by atoms with E-state index in [1.165, 1.54) is 12.0 Å². The summed E-state index contributed by atoms with van der Waals surface area (Å²) >= 11 is 0. The average molecular weight is 605 g/mol. The minimum absolute atomic E-state index is 0.0305. The van der Waals surface area contributed by atoms with Crippen LogP contribution in [0, 0.1) is 5.92 Å². The first-order valence-corrected chi connectivity index (χ1v) is 19.1. The Kier molecular flexibility index (Phi) is 10.5. The molecule has 8 nitrogen and oxygen atoms in total.